The largest absolute Gasteiger partial charge is 0.482 e. The number of aromatic nitrogens is 5. The van der Waals surface area contributed by atoms with Crippen LogP contribution in [0.25, 0.3) is 27.6 Å². The van der Waals surface area contributed by atoms with E-state index in [0.717, 1.165) is 35.1 Å². The summed E-state index contributed by atoms with van der Waals surface area (Å²) >= 11 is 0. The lowest BCUT2D eigenvalue weighted by Crippen LogP contribution is -2.39. The van der Waals surface area contributed by atoms with E-state index in [0.29, 0.717) is 47.2 Å². The van der Waals surface area contributed by atoms with E-state index in [1.54, 1.807) is 20.5 Å². The minimum Gasteiger partial charge on any atom is -0.482 e. The SMILES string of the molecule is CN(C)c1cc(Nc2ncc3c(=O)n4n(c3n2)-c2ccc3c(c2)N(CCCC=CC4)C(=O)CO3)cc2c1ccn2C. The molecule has 0 saturated heterocycles. The Labute approximate surface area is 235 Å². The summed E-state index contributed by atoms with van der Waals surface area (Å²) < 4.78 is 11.3. The molecule has 1 amide bonds. The number of carbonyl (C=O) groups excluding carboxylic acids is 1. The van der Waals surface area contributed by atoms with Crippen LogP contribution < -0.4 is 25.4 Å². The Morgan fingerprint density at radius 1 is 1.05 bits per heavy atom. The summed E-state index contributed by atoms with van der Waals surface area (Å²) in [5.74, 6) is 0.944. The highest BCUT2D eigenvalue weighted by molar-refractivity contribution is 5.98. The standard InChI is InChI=1S/C30H30N8O3/c1-34(2)23-14-19(15-24-21(23)10-13-35(24)3)32-30-31-17-22-28(33-30)38-20-8-9-26-25(16-20)36(27(39)18-41-26)11-6-4-5-7-12-37(38)29(22)40/h5,7-10,13-17H,4,6,11-12,18H2,1-3H3,(H,31,32,33). The highest BCUT2D eigenvalue weighted by atomic mass is 16.5. The van der Waals surface area contributed by atoms with Crippen LogP contribution in [-0.2, 0) is 18.4 Å². The zero-order chi connectivity index (χ0) is 28.2. The van der Waals surface area contributed by atoms with Crippen molar-refractivity contribution < 1.29 is 9.53 Å². The van der Waals surface area contributed by atoms with E-state index < -0.39 is 0 Å². The molecular formula is C30H30N8O3. The van der Waals surface area contributed by atoms with Gasteiger partial charge in [0.25, 0.3) is 11.5 Å². The van der Waals surface area contributed by atoms with Crippen molar-refractivity contribution in [2.45, 2.75) is 19.4 Å². The Morgan fingerprint density at radius 3 is 2.78 bits per heavy atom. The summed E-state index contributed by atoms with van der Waals surface area (Å²) in [4.78, 5) is 39.6. The fraction of sp³-hybridized carbons (Fsp3) is 0.267. The molecule has 5 aromatic rings. The van der Waals surface area contributed by atoms with E-state index in [-0.39, 0.29) is 18.1 Å². The number of allylic oxidation sites excluding steroid dienone is 2. The minimum absolute atomic E-state index is 0.0195. The van der Waals surface area contributed by atoms with Gasteiger partial charge in [0.1, 0.15) is 11.1 Å². The van der Waals surface area contributed by atoms with Gasteiger partial charge in [0.2, 0.25) is 5.95 Å². The van der Waals surface area contributed by atoms with E-state index in [2.05, 4.69) is 44.0 Å². The van der Waals surface area contributed by atoms with E-state index in [1.807, 2.05) is 51.6 Å². The molecule has 0 unspecified atom stereocenters. The molecule has 5 heterocycles. The van der Waals surface area contributed by atoms with Gasteiger partial charge < -0.3 is 24.4 Å². The van der Waals surface area contributed by atoms with E-state index in [1.165, 1.54) is 0 Å². The Bertz CT molecular complexity index is 1930. The normalized spacial score (nSPS) is 14.9. The van der Waals surface area contributed by atoms with Crippen molar-refractivity contribution in [1.82, 2.24) is 23.9 Å². The quantitative estimate of drug-likeness (QED) is 0.339. The number of nitrogens with one attached hydrogen (secondary N) is 1. The van der Waals surface area contributed by atoms with Gasteiger partial charge in [0.05, 0.1) is 23.4 Å². The van der Waals surface area contributed by atoms with E-state index in [4.69, 9.17) is 9.72 Å². The lowest BCUT2D eigenvalue weighted by molar-refractivity contribution is -0.121. The van der Waals surface area contributed by atoms with Crippen LogP contribution in [0.2, 0.25) is 0 Å². The predicted molar refractivity (Wildman–Crippen MR) is 160 cm³/mol. The average Bonchev–Trinajstić information content (AvgIpc) is 3.46. The maximum Gasteiger partial charge on any atom is 0.278 e. The number of rotatable bonds is 3. The van der Waals surface area contributed by atoms with Crippen LogP contribution in [0.1, 0.15) is 12.8 Å². The van der Waals surface area contributed by atoms with Crippen molar-refractivity contribution in [1.29, 1.82) is 0 Å². The molecule has 41 heavy (non-hydrogen) atoms. The second-order valence-corrected chi connectivity index (χ2v) is 10.6. The van der Waals surface area contributed by atoms with E-state index >= 15 is 0 Å². The summed E-state index contributed by atoms with van der Waals surface area (Å²) in [5, 5.41) is 4.92. The highest BCUT2D eigenvalue weighted by Gasteiger charge is 2.27. The zero-order valence-corrected chi connectivity index (χ0v) is 23.2. The van der Waals surface area contributed by atoms with Crippen molar-refractivity contribution >= 4 is 50.9 Å². The summed E-state index contributed by atoms with van der Waals surface area (Å²) in [6.07, 6.45) is 9.26. The first-order chi connectivity index (χ1) is 19.9. The number of ether oxygens (including phenoxy) is 1. The number of hydrogen-bond acceptors (Lipinski definition) is 7. The smallest absolute Gasteiger partial charge is 0.278 e. The van der Waals surface area contributed by atoms with Gasteiger partial charge in [0.15, 0.2) is 12.3 Å². The predicted octanol–water partition coefficient (Wildman–Crippen LogP) is 3.96. The molecule has 0 fully saturated rings. The van der Waals surface area contributed by atoms with Gasteiger partial charge in [-0.3, -0.25) is 9.59 Å². The summed E-state index contributed by atoms with van der Waals surface area (Å²) in [5.41, 5.74) is 4.67. The second kappa shape index (κ2) is 9.54. The Balaban J connectivity index is 1.38. The molecule has 11 heteroatoms. The van der Waals surface area contributed by atoms with Gasteiger partial charge >= 0.3 is 0 Å². The first-order valence-corrected chi connectivity index (χ1v) is 13.6. The number of carbonyl (C=O) groups is 1. The number of anilines is 4. The lowest BCUT2D eigenvalue weighted by Gasteiger charge is -2.30. The third kappa shape index (κ3) is 4.12. The van der Waals surface area contributed by atoms with Crippen molar-refractivity contribution in [3.8, 4) is 11.4 Å². The molecule has 1 N–H and O–H groups in total. The molecule has 0 radical (unpaired) electrons. The first kappa shape index (κ1) is 24.9. The summed E-state index contributed by atoms with van der Waals surface area (Å²) in [6.45, 7) is 0.995. The monoisotopic (exact) mass is 550 g/mol. The fourth-order valence-corrected chi connectivity index (χ4v) is 5.67. The molecule has 11 nitrogen and oxygen atoms in total. The van der Waals surface area contributed by atoms with Crippen LogP contribution in [0.5, 0.6) is 5.75 Å². The average molecular weight is 551 g/mol. The maximum absolute atomic E-state index is 13.6. The molecule has 2 aliphatic heterocycles. The maximum atomic E-state index is 13.6. The molecule has 7 rings (SSSR count). The van der Waals surface area contributed by atoms with Gasteiger partial charge in [-0.15, -0.1) is 0 Å². The molecule has 0 aliphatic carbocycles. The van der Waals surface area contributed by atoms with Gasteiger partial charge in [-0.2, -0.15) is 4.98 Å². The van der Waals surface area contributed by atoms with Crippen LogP contribution in [0.15, 0.2) is 65.7 Å². The lowest BCUT2D eigenvalue weighted by atomic mass is 10.1. The van der Waals surface area contributed by atoms with Gasteiger partial charge in [-0.25, -0.2) is 14.3 Å². The highest BCUT2D eigenvalue weighted by Crippen LogP contribution is 2.35. The van der Waals surface area contributed by atoms with Crippen LogP contribution in [0.4, 0.5) is 23.0 Å². The molecule has 0 spiro atoms. The van der Waals surface area contributed by atoms with Crippen LogP contribution in [-0.4, -0.2) is 57.1 Å². The summed E-state index contributed by atoms with van der Waals surface area (Å²) in [7, 11) is 6.05. The third-order valence-electron chi connectivity index (χ3n) is 7.72. The molecule has 0 saturated carbocycles. The Morgan fingerprint density at radius 2 is 1.93 bits per heavy atom. The van der Waals surface area contributed by atoms with Crippen molar-refractivity contribution in [3.63, 3.8) is 0 Å². The van der Waals surface area contributed by atoms with Gasteiger partial charge in [-0.05, 0) is 49.2 Å². The number of benzene rings is 2. The number of fused-ring (bicyclic) bond motifs is 6. The van der Waals surface area contributed by atoms with Crippen LogP contribution in [0.3, 0.4) is 0 Å². The molecule has 2 aliphatic rings. The van der Waals surface area contributed by atoms with Crippen molar-refractivity contribution in [2.75, 3.05) is 42.4 Å². The molecule has 2 bridgehead atoms. The van der Waals surface area contributed by atoms with Crippen molar-refractivity contribution in [2.24, 2.45) is 7.05 Å². The van der Waals surface area contributed by atoms with Gasteiger partial charge in [-0.1, -0.05) is 12.2 Å². The molecular weight excluding hydrogens is 520 g/mol. The van der Waals surface area contributed by atoms with Crippen molar-refractivity contribution in [3.05, 3.63) is 71.3 Å². The fourth-order valence-electron chi connectivity index (χ4n) is 5.67. The molecule has 3 aromatic heterocycles. The topological polar surface area (TPSA) is 102 Å². The zero-order valence-electron chi connectivity index (χ0n) is 23.2. The third-order valence-corrected chi connectivity index (χ3v) is 7.72. The Kier molecular flexibility index (Phi) is 5.81. The van der Waals surface area contributed by atoms with Crippen LogP contribution in [0, 0.1) is 0 Å². The Hall–Kier alpha value is -5.06. The number of nitrogens with zero attached hydrogens (tertiary/aromatic N) is 7. The molecule has 2 aromatic carbocycles. The molecule has 0 atom stereocenters. The second-order valence-electron chi connectivity index (χ2n) is 10.6. The van der Waals surface area contributed by atoms with Gasteiger partial charge in [0, 0.05) is 56.8 Å². The van der Waals surface area contributed by atoms with Crippen LogP contribution >= 0.6 is 0 Å². The summed E-state index contributed by atoms with van der Waals surface area (Å²) in [6, 6.07) is 11.9. The van der Waals surface area contributed by atoms with E-state index in [9.17, 15) is 9.59 Å². The number of aryl methyl sites for hydroxylation is 1. The first-order valence-electron chi connectivity index (χ1n) is 13.6. The number of hydrogen-bond donors (Lipinski definition) is 1. The minimum atomic E-state index is -0.185. The number of amides is 1. The molecule has 208 valence electrons.